The summed E-state index contributed by atoms with van der Waals surface area (Å²) in [6.45, 7) is 1.79. The van der Waals surface area contributed by atoms with E-state index in [0.717, 1.165) is 25.9 Å². The number of hydrogen-bond acceptors (Lipinski definition) is 8. The highest BCUT2D eigenvalue weighted by Gasteiger charge is 2.25. The minimum Gasteiger partial charge on any atom is -0.435 e. The smallest absolute Gasteiger partial charge is 0.232 e. The van der Waals surface area contributed by atoms with Crippen molar-refractivity contribution in [3.63, 3.8) is 0 Å². The van der Waals surface area contributed by atoms with Crippen molar-refractivity contribution in [2.75, 3.05) is 18.4 Å². The summed E-state index contributed by atoms with van der Waals surface area (Å²) in [4.78, 5) is 17.0. The maximum absolute atomic E-state index is 15.3. The molecular formula is C26H25F2N7O3S. The van der Waals surface area contributed by atoms with E-state index in [0.29, 0.717) is 22.8 Å². The Labute approximate surface area is 225 Å². The fourth-order valence-electron chi connectivity index (χ4n) is 4.31. The Morgan fingerprint density at radius 3 is 2.72 bits per heavy atom. The number of pyridine rings is 2. The highest BCUT2D eigenvalue weighted by Crippen LogP contribution is 2.35. The average molecular weight is 554 g/mol. The van der Waals surface area contributed by atoms with E-state index in [1.807, 2.05) is 0 Å². The van der Waals surface area contributed by atoms with Crippen molar-refractivity contribution in [2.24, 2.45) is 0 Å². The van der Waals surface area contributed by atoms with Gasteiger partial charge in [0.1, 0.15) is 0 Å². The summed E-state index contributed by atoms with van der Waals surface area (Å²) in [6.07, 6.45) is 8.00. The highest BCUT2D eigenvalue weighted by atomic mass is 32.2. The number of piperidine rings is 1. The number of aromatic nitrogens is 4. The Hall–Kier alpha value is -3.91. The highest BCUT2D eigenvalue weighted by molar-refractivity contribution is 7.77. The van der Waals surface area contributed by atoms with Crippen molar-refractivity contribution in [2.45, 2.75) is 24.9 Å². The third-order valence-corrected chi connectivity index (χ3v) is 6.60. The van der Waals surface area contributed by atoms with Crippen LogP contribution in [0.4, 0.5) is 14.7 Å². The molecule has 0 saturated carbocycles. The Morgan fingerprint density at radius 1 is 1.08 bits per heavy atom. The molecule has 0 amide bonds. The molecule has 5 rings (SSSR count). The van der Waals surface area contributed by atoms with Gasteiger partial charge in [-0.15, -0.1) is 0 Å². The van der Waals surface area contributed by atoms with Gasteiger partial charge < -0.3 is 15.4 Å². The van der Waals surface area contributed by atoms with Gasteiger partial charge in [-0.25, -0.2) is 28.3 Å². The van der Waals surface area contributed by atoms with Gasteiger partial charge in [0, 0.05) is 42.9 Å². The van der Waals surface area contributed by atoms with Crippen molar-refractivity contribution in [1.29, 1.82) is 0 Å². The minimum absolute atomic E-state index is 0.0194. The van der Waals surface area contributed by atoms with Crippen molar-refractivity contribution in [3.8, 4) is 22.9 Å². The van der Waals surface area contributed by atoms with Crippen LogP contribution in [-0.2, 0) is 11.3 Å². The van der Waals surface area contributed by atoms with Crippen molar-refractivity contribution in [3.05, 3.63) is 90.0 Å². The molecular weight excluding hydrogens is 528 g/mol. The number of ether oxygens (including phenoxy) is 1. The van der Waals surface area contributed by atoms with Gasteiger partial charge >= 0.3 is 0 Å². The molecule has 0 radical (unpaired) electrons. The summed E-state index contributed by atoms with van der Waals surface area (Å²) in [5, 5.41) is 6.64. The number of benzene rings is 1. The van der Waals surface area contributed by atoms with E-state index < -0.39 is 34.7 Å². The number of rotatable bonds is 9. The van der Waals surface area contributed by atoms with Gasteiger partial charge in [0.05, 0.1) is 17.3 Å². The Bertz CT molecular complexity index is 1460. The topological polar surface area (TPSA) is 134 Å². The van der Waals surface area contributed by atoms with Gasteiger partial charge in [-0.1, -0.05) is 12.1 Å². The maximum Gasteiger partial charge on any atom is 0.232 e. The molecule has 1 fully saturated rings. The van der Waals surface area contributed by atoms with Crippen LogP contribution in [0, 0.1) is 11.6 Å². The first-order valence-electron chi connectivity index (χ1n) is 12.2. The normalized spacial score (nSPS) is 16.8. The van der Waals surface area contributed by atoms with E-state index in [1.54, 1.807) is 36.5 Å². The second-order valence-electron chi connectivity index (χ2n) is 8.78. The fourth-order valence-corrected chi connectivity index (χ4v) is 4.78. The Morgan fingerprint density at radius 2 is 1.95 bits per heavy atom. The van der Waals surface area contributed by atoms with Crippen LogP contribution in [0.2, 0.25) is 0 Å². The van der Waals surface area contributed by atoms with Gasteiger partial charge in [0.15, 0.2) is 11.6 Å². The zero-order valence-electron chi connectivity index (χ0n) is 20.6. The molecule has 1 saturated heterocycles. The van der Waals surface area contributed by atoms with Crippen LogP contribution >= 0.6 is 0 Å². The van der Waals surface area contributed by atoms with E-state index in [-0.39, 0.29) is 17.5 Å². The summed E-state index contributed by atoms with van der Waals surface area (Å²) in [5.41, 5.74) is 1.12. The van der Waals surface area contributed by atoms with Gasteiger partial charge in [-0.2, -0.15) is 4.39 Å². The maximum atomic E-state index is 15.3. The van der Waals surface area contributed by atoms with Gasteiger partial charge in [0.2, 0.25) is 28.9 Å². The van der Waals surface area contributed by atoms with Gasteiger partial charge in [-0.05, 0) is 55.3 Å². The molecule has 4 heterocycles. The van der Waals surface area contributed by atoms with Crippen molar-refractivity contribution < 1.29 is 22.3 Å². The molecule has 1 unspecified atom stereocenters. The lowest BCUT2D eigenvalue weighted by molar-refractivity contribution is 0.402. The fraction of sp³-hybridized carbons (Fsp3) is 0.231. The summed E-state index contributed by atoms with van der Waals surface area (Å²) < 4.78 is 59.5. The van der Waals surface area contributed by atoms with E-state index in [4.69, 9.17) is 4.74 Å². The first-order chi connectivity index (χ1) is 19.0. The third-order valence-electron chi connectivity index (χ3n) is 6.16. The molecule has 3 atom stereocenters. The summed E-state index contributed by atoms with van der Waals surface area (Å²) in [5.74, 6) is -2.48. The standard InChI is InChI=1S/C26H25F2N7O3S/c27-22-19(24(35-39(36)37)16-4-1-10-29-14-16)7-8-21(23(22)28)38-25-18(6-3-12-31-25)20-9-13-32-26(34-20)33-17-5-2-11-30-15-17/h1,3-4,6-10,12-14,17,24,30,35H,2,5,11,15H2,(H,36,37)(H,32,33,34)/t17-,24-/m0/s1. The SMILES string of the molecule is O=S(O)N[C@@H](c1cccnc1)c1ccc(Oc2ncccc2-c2ccnc(N[C@H]3CCCNC3)n2)c(F)c1F. The lowest BCUT2D eigenvalue weighted by Crippen LogP contribution is -2.38. The molecule has 1 aliphatic heterocycles. The van der Waals surface area contributed by atoms with Crippen molar-refractivity contribution >= 4 is 17.2 Å². The third kappa shape index (κ3) is 6.40. The molecule has 202 valence electrons. The number of halogens is 2. The molecule has 4 aromatic rings. The van der Waals surface area contributed by atoms with Crippen LogP contribution in [0.1, 0.15) is 30.0 Å². The van der Waals surface area contributed by atoms with Crippen LogP contribution in [0.25, 0.3) is 11.3 Å². The van der Waals surface area contributed by atoms with E-state index in [2.05, 4.69) is 35.3 Å². The van der Waals surface area contributed by atoms with Crippen LogP contribution in [0.3, 0.4) is 0 Å². The summed E-state index contributed by atoms with van der Waals surface area (Å²) >= 11 is -2.51. The summed E-state index contributed by atoms with van der Waals surface area (Å²) in [6, 6.07) is 9.80. The monoisotopic (exact) mass is 553 g/mol. The van der Waals surface area contributed by atoms with Crippen LogP contribution in [0.15, 0.2) is 67.3 Å². The number of nitrogens with one attached hydrogen (secondary N) is 3. The number of hydrogen-bond donors (Lipinski definition) is 4. The molecule has 39 heavy (non-hydrogen) atoms. The predicted octanol–water partition coefficient (Wildman–Crippen LogP) is 3.98. The van der Waals surface area contributed by atoms with Gasteiger partial charge in [-0.3, -0.25) is 9.54 Å². The molecule has 3 aromatic heterocycles. The van der Waals surface area contributed by atoms with E-state index in [1.165, 1.54) is 30.7 Å². The number of anilines is 1. The Kier molecular flexibility index (Phi) is 8.42. The van der Waals surface area contributed by atoms with Crippen LogP contribution in [-0.4, -0.2) is 47.8 Å². The number of nitrogens with zero attached hydrogens (tertiary/aromatic N) is 4. The molecule has 4 N–H and O–H groups in total. The van der Waals surface area contributed by atoms with E-state index in [9.17, 15) is 8.76 Å². The van der Waals surface area contributed by atoms with Gasteiger partial charge in [0.25, 0.3) is 0 Å². The molecule has 1 aromatic carbocycles. The van der Waals surface area contributed by atoms with E-state index >= 15 is 8.78 Å². The first kappa shape index (κ1) is 26.7. The second kappa shape index (κ2) is 12.3. The first-order valence-corrected chi connectivity index (χ1v) is 13.3. The lowest BCUT2D eigenvalue weighted by Gasteiger charge is -2.23. The quantitative estimate of drug-likeness (QED) is 0.227. The lowest BCUT2D eigenvalue weighted by atomic mass is 10.00. The molecule has 0 aliphatic carbocycles. The van der Waals surface area contributed by atoms with Crippen molar-refractivity contribution in [1.82, 2.24) is 30.0 Å². The average Bonchev–Trinajstić information content (AvgIpc) is 2.96. The molecule has 13 heteroatoms. The predicted molar refractivity (Wildman–Crippen MR) is 141 cm³/mol. The van der Waals surface area contributed by atoms with Crippen LogP contribution in [0.5, 0.6) is 11.6 Å². The molecule has 0 spiro atoms. The zero-order chi connectivity index (χ0) is 27.2. The minimum atomic E-state index is -2.51. The molecule has 10 nitrogen and oxygen atoms in total. The molecule has 1 aliphatic rings. The van der Waals surface area contributed by atoms with Crippen LogP contribution < -0.4 is 20.1 Å². The second-order valence-corrected chi connectivity index (χ2v) is 9.51. The molecule has 0 bridgehead atoms. The summed E-state index contributed by atoms with van der Waals surface area (Å²) in [7, 11) is 0. The zero-order valence-corrected chi connectivity index (χ0v) is 21.4. The Balaban J connectivity index is 1.42. The largest absolute Gasteiger partial charge is 0.435 e.